The number of nitrogens with two attached hydrogens (primary N) is 1. The zero-order valence-electron chi connectivity index (χ0n) is 17.0. The molecule has 0 saturated heterocycles. The molecule has 0 unspecified atom stereocenters. The maximum atomic E-state index is 12.9. The van der Waals surface area contributed by atoms with Crippen LogP contribution >= 0.6 is 0 Å². The number of hydrogen-bond acceptors (Lipinski definition) is 5. The Bertz CT molecular complexity index is 844. The average molecular weight is 388 g/mol. The highest BCUT2D eigenvalue weighted by molar-refractivity contribution is 5.88. The van der Waals surface area contributed by atoms with Crippen LogP contribution in [0.3, 0.4) is 0 Å². The van der Waals surface area contributed by atoms with Crippen molar-refractivity contribution in [3.05, 3.63) is 41.7 Å². The summed E-state index contributed by atoms with van der Waals surface area (Å²) in [7, 11) is 4.91. The van der Waals surface area contributed by atoms with Gasteiger partial charge in [0.15, 0.2) is 11.5 Å². The van der Waals surface area contributed by atoms with Gasteiger partial charge in [-0.3, -0.25) is 14.3 Å². The van der Waals surface area contributed by atoms with Gasteiger partial charge < -0.3 is 20.5 Å². The molecule has 2 rings (SSSR count). The molecule has 0 fully saturated rings. The van der Waals surface area contributed by atoms with Crippen molar-refractivity contribution >= 4 is 11.8 Å². The molecule has 0 aliphatic carbocycles. The third kappa shape index (κ3) is 4.82. The number of carbonyl (C=O) groups is 2. The van der Waals surface area contributed by atoms with Crippen molar-refractivity contribution in [2.24, 2.45) is 18.7 Å². The Hall–Kier alpha value is -3.03. The molecule has 8 heteroatoms. The number of carbonyl (C=O) groups excluding carboxylic acids is 2. The van der Waals surface area contributed by atoms with Gasteiger partial charge in [0.2, 0.25) is 11.8 Å². The summed E-state index contributed by atoms with van der Waals surface area (Å²) in [6.45, 7) is 3.77. The smallest absolute Gasteiger partial charge is 0.230 e. The average Bonchev–Trinajstić information content (AvgIpc) is 3.08. The Balaban J connectivity index is 2.09. The molecule has 28 heavy (non-hydrogen) atoms. The summed E-state index contributed by atoms with van der Waals surface area (Å²) in [5.41, 5.74) is 6.34. The monoisotopic (exact) mass is 388 g/mol. The van der Waals surface area contributed by atoms with Gasteiger partial charge in [0.25, 0.3) is 0 Å². The lowest BCUT2D eigenvalue weighted by Crippen LogP contribution is -2.44. The first-order valence-electron chi connectivity index (χ1n) is 8.96. The van der Waals surface area contributed by atoms with Crippen LogP contribution in [0, 0.1) is 5.92 Å². The zero-order chi connectivity index (χ0) is 20.9. The molecule has 1 aromatic heterocycles. The second kappa shape index (κ2) is 8.77. The second-order valence-electron chi connectivity index (χ2n) is 7.23. The number of methoxy groups -OCH3 is 2. The molecule has 0 radical (unpaired) electrons. The van der Waals surface area contributed by atoms with Crippen molar-refractivity contribution in [3.63, 3.8) is 0 Å². The van der Waals surface area contributed by atoms with Crippen LogP contribution in [0.25, 0.3) is 0 Å². The molecule has 1 heterocycles. The van der Waals surface area contributed by atoms with Gasteiger partial charge in [-0.05, 0) is 43.5 Å². The third-order valence-corrected chi connectivity index (χ3v) is 4.82. The van der Waals surface area contributed by atoms with Crippen LogP contribution in [-0.2, 0) is 28.5 Å². The predicted molar refractivity (Wildman–Crippen MR) is 105 cm³/mol. The Labute approximate surface area is 165 Å². The molecular formula is C20H28N4O4. The predicted octanol–water partition coefficient (Wildman–Crippen LogP) is 1.18. The lowest BCUT2D eigenvalue weighted by Gasteiger charge is -2.26. The van der Waals surface area contributed by atoms with E-state index in [1.165, 1.54) is 0 Å². The third-order valence-electron chi connectivity index (χ3n) is 4.82. The van der Waals surface area contributed by atoms with E-state index < -0.39 is 17.2 Å². The number of rotatable bonds is 9. The normalized spacial score (nSPS) is 12.3. The summed E-state index contributed by atoms with van der Waals surface area (Å²) >= 11 is 0. The summed E-state index contributed by atoms with van der Waals surface area (Å²) in [6.07, 6.45) is 3.93. The van der Waals surface area contributed by atoms with Crippen molar-refractivity contribution < 1.29 is 19.1 Å². The van der Waals surface area contributed by atoms with Crippen molar-refractivity contribution in [1.82, 2.24) is 15.1 Å². The van der Waals surface area contributed by atoms with Crippen LogP contribution in [0.2, 0.25) is 0 Å². The van der Waals surface area contributed by atoms with E-state index >= 15 is 0 Å². The second-order valence-corrected chi connectivity index (χ2v) is 7.23. The minimum Gasteiger partial charge on any atom is -0.493 e. The fourth-order valence-corrected chi connectivity index (χ4v) is 2.93. The first kappa shape index (κ1) is 21.3. The largest absolute Gasteiger partial charge is 0.493 e. The molecule has 2 amide bonds. The first-order valence-corrected chi connectivity index (χ1v) is 8.96. The van der Waals surface area contributed by atoms with E-state index in [2.05, 4.69) is 10.4 Å². The van der Waals surface area contributed by atoms with Gasteiger partial charge in [-0.2, -0.15) is 5.10 Å². The Kier molecular flexibility index (Phi) is 6.66. The first-order chi connectivity index (χ1) is 13.2. The number of nitrogens with zero attached hydrogens (tertiary/aromatic N) is 2. The fraction of sp³-hybridized carbons (Fsp3) is 0.450. The molecule has 3 N–H and O–H groups in total. The molecule has 0 bridgehead atoms. The molecule has 1 aromatic carbocycles. The van der Waals surface area contributed by atoms with E-state index in [1.54, 1.807) is 44.3 Å². The number of aromatic nitrogens is 2. The lowest BCUT2D eigenvalue weighted by atomic mass is 9.83. The number of ether oxygens (including phenoxy) is 2. The molecule has 0 aliphatic rings. The fourth-order valence-electron chi connectivity index (χ4n) is 2.93. The van der Waals surface area contributed by atoms with Gasteiger partial charge in [-0.25, -0.2) is 0 Å². The highest BCUT2D eigenvalue weighted by Crippen LogP contribution is 2.33. The van der Waals surface area contributed by atoms with E-state index in [9.17, 15) is 9.59 Å². The number of hydrogen-bond donors (Lipinski definition) is 2. The zero-order valence-corrected chi connectivity index (χ0v) is 17.0. The highest BCUT2D eigenvalue weighted by atomic mass is 16.5. The Morgan fingerprint density at radius 1 is 1.25 bits per heavy atom. The van der Waals surface area contributed by atoms with Gasteiger partial charge >= 0.3 is 0 Å². The summed E-state index contributed by atoms with van der Waals surface area (Å²) in [5.74, 6) is -0.0558. The van der Waals surface area contributed by atoms with E-state index in [0.29, 0.717) is 17.9 Å². The minimum absolute atomic E-state index is 0.153. The summed E-state index contributed by atoms with van der Waals surface area (Å²) in [5, 5.41) is 6.95. The van der Waals surface area contributed by atoms with Gasteiger partial charge in [0, 0.05) is 19.8 Å². The summed E-state index contributed by atoms with van der Waals surface area (Å²) < 4.78 is 12.2. The van der Waals surface area contributed by atoms with E-state index in [0.717, 1.165) is 11.1 Å². The van der Waals surface area contributed by atoms with Crippen molar-refractivity contribution in [3.8, 4) is 11.5 Å². The molecule has 8 nitrogen and oxygen atoms in total. The topological polar surface area (TPSA) is 108 Å². The van der Waals surface area contributed by atoms with Gasteiger partial charge in [0.05, 0.1) is 31.7 Å². The standard InChI is InChI=1S/C20H28N4O4/c1-20(2,15-6-7-16(27-4)17(9-15)28-5)19(26)22-11-14(18(21)25)8-13-10-23-24(3)12-13/h6-7,9-10,12,14H,8,11H2,1-5H3,(H2,21,25)(H,22,26)/t14-/m0/s1. The number of primary amides is 1. The maximum absolute atomic E-state index is 12.9. The number of amides is 2. The van der Waals surface area contributed by atoms with E-state index in [1.807, 2.05) is 26.1 Å². The molecular weight excluding hydrogens is 360 g/mol. The quantitative estimate of drug-likeness (QED) is 0.670. The molecule has 152 valence electrons. The number of nitrogens with one attached hydrogen (secondary N) is 1. The molecule has 2 aromatic rings. The molecule has 0 spiro atoms. The maximum Gasteiger partial charge on any atom is 0.230 e. The van der Waals surface area contributed by atoms with Crippen LogP contribution in [-0.4, -0.2) is 42.4 Å². The summed E-state index contributed by atoms with van der Waals surface area (Å²) in [4.78, 5) is 24.7. The highest BCUT2D eigenvalue weighted by Gasteiger charge is 2.31. The van der Waals surface area contributed by atoms with Gasteiger partial charge in [-0.1, -0.05) is 6.07 Å². The van der Waals surface area contributed by atoms with E-state index in [4.69, 9.17) is 15.2 Å². The lowest BCUT2D eigenvalue weighted by molar-refractivity contribution is -0.126. The van der Waals surface area contributed by atoms with Crippen LogP contribution in [0.15, 0.2) is 30.6 Å². The number of benzene rings is 1. The molecule has 0 aliphatic heterocycles. The molecule has 1 atom stereocenters. The van der Waals surface area contributed by atoms with Crippen molar-refractivity contribution in [2.75, 3.05) is 20.8 Å². The Morgan fingerprint density at radius 2 is 1.93 bits per heavy atom. The van der Waals surface area contributed by atoms with Gasteiger partial charge in [-0.15, -0.1) is 0 Å². The minimum atomic E-state index is -0.837. The van der Waals surface area contributed by atoms with Crippen LogP contribution in [0.5, 0.6) is 11.5 Å². The SMILES string of the molecule is COc1ccc(C(C)(C)C(=O)NC[C@H](Cc2cnn(C)c2)C(N)=O)cc1OC. The van der Waals surface area contributed by atoms with E-state index in [-0.39, 0.29) is 12.5 Å². The van der Waals surface area contributed by atoms with Crippen LogP contribution < -0.4 is 20.5 Å². The van der Waals surface area contributed by atoms with Crippen molar-refractivity contribution in [1.29, 1.82) is 0 Å². The van der Waals surface area contributed by atoms with Gasteiger partial charge in [0.1, 0.15) is 0 Å². The molecule has 0 saturated carbocycles. The van der Waals surface area contributed by atoms with Crippen LogP contribution in [0.1, 0.15) is 25.0 Å². The Morgan fingerprint density at radius 3 is 2.46 bits per heavy atom. The number of aryl methyl sites for hydroxylation is 1. The van der Waals surface area contributed by atoms with Crippen LogP contribution in [0.4, 0.5) is 0 Å². The summed E-state index contributed by atoms with van der Waals surface area (Å²) in [6, 6.07) is 5.36. The van der Waals surface area contributed by atoms with Crippen molar-refractivity contribution in [2.45, 2.75) is 25.7 Å².